The fourth-order valence-electron chi connectivity index (χ4n) is 3.28. The Morgan fingerprint density at radius 2 is 1.23 bits per heavy atom. The molecule has 0 aliphatic heterocycles. The van der Waals surface area contributed by atoms with Crippen LogP contribution in [-0.4, -0.2) is 17.9 Å². The fraction of sp³-hybridized carbons (Fsp3) is 0.200. The maximum absolute atomic E-state index is 14.0. The molecule has 1 atom stereocenters. The Hall–Kier alpha value is -3.47. The molecule has 154 valence electrons. The van der Waals surface area contributed by atoms with Gasteiger partial charge < -0.3 is 10.6 Å². The first kappa shape index (κ1) is 21.2. The maximum Gasteiger partial charge on any atom is 0.254 e. The van der Waals surface area contributed by atoms with Crippen molar-refractivity contribution in [3.05, 3.63) is 107 Å². The van der Waals surface area contributed by atoms with Gasteiger partial charge in [0.2, 0.25) is 5.91 Å². The molecule has 0 aliphatic rings. The van der Waals surface area contributed by atoms with Gasteiger partial charge in [0, 0.05) is 0 Å². The molecule has 30 heavy (non-hydrogen) atoms. The number of benzene rings is 3. The Kier molecular flexibility index (Phi) is 6.96. The van der Waals surface area contributed by atoms with Crippen molar-refractivity contribution in [1.29, 1.82) is 0 Å². The highest BCUT2D eigenvalue weighted by Crippen LogP contribution is 2.22. The lowest BCUT2D eigenvalue weighted by Crippen LogP contribution is -2.50. The molecule has 0 bridgehead atoms. The third-order valence-corrected chi connectivity index (χ3v) is 4.91. The minimum absolute atomic E-state index is 0.0846. The summed E-state index contributed by atoms with van der Waals surface area (Å²) in [4.78, 5) is 25.8. The molecule has 2 amide bonds. The van der Waals surface area contributed by atoms with Crippen LogP contribution in [0, 0.1) is 11.7 Å². The molecule has 3 aromatic rings. The van der Waals surface area contributed by atoms with Crippen LogP contribution in [0.25, 0.3) is 0 Å². The standard InChI is InChI=1S/C25H25FN2O2/c1-17(2)22(27-24(29)20-15-9-10-16-21(20)26)25(30)28-23(18-11-5-3-6-12-18)19-13-7-4-8-14-19/h3-17,22-23H,1-2H3,(H,27,29)(H,28,30). The third kappa shape index (κ3) is 5.11. The highest BCUT2D eigenvalue weighted by Gasteiger charge is 2.28. The number of hydrogen-bond donors (Lipinski definition) is 2. The van der Waals surface area contributed by atoms with E-state index in [9.17, 15) is 14.0 Å². The molecular weight excluding hydrogens is 379 g/mol. The lowest BCUT2D eigenvalue weighted by atomic mass is 9.96. The SMILES string of the molecule is CC(C)C(NC(=O)c1ccccc1F)C(=O)NC(c1ccccc1)c1ccccc1. The van der Waals surface area contributed by atoms with Gasteiger partial charge in [-0.25, -0.2) is 4.39 Å². The van der Waals surface area contributed by atoms with Gasteiger partial charge in [-0.2, -0.15) is 0 Å². The molecule has 0 fully saturated rings. The predicted molar refractivity (Wildman–Crippen MR) is 115 cm³/mol. The average Bonchev–Trinajstić information content (AvgIpc) is 2.76. The molecule has 0 saturated carbocycles. The lowest BCUT2D eigenvalue weighted by Gasteiger charge is -2.26. The second-order valence-corrected chi connectivity index (χ2v) is 7.44. The summed E-state index contributed by atoms with van der Waals surface area (Å²) in [5.74, 6) is -1.75. The number of halogens is 1. The molecule has 1 unspecified atom stereocenters. The molecule has 0 radical (unpaired) electrons. The van der Waals surface area contributed by atoms with Crippen LogP contribution in [0.5, 0.6) is 0 Å². The second-order valence-electron chi connectivity index (χ2n) is 7.44. The Morgan fingerprint density at radius 1 is 0.733 bits per heavy atom. The van der Waals surface area contributed by atoms with Gasteiger partial charge in [-0.1, -0.05) is 86.6 Å². The number of carbonyl (C=O) groups excluding carboxylic acids is 2. The van der Waals surface area contributed by atoms with E-state index in [2.05, 4.69) is 10.6 Å². The van der Waals surface area contributed by atoms with Crippen LogP contribution < -0.4 is 10.6 Å². The number of amides is 2. The van der Waals surface area contributed by atoms with Gasteiger partial charge in [-0.3, -0.25) is 9.59 Å². The van der Waals surface area contributed by atoms with Gasteiger partial charge >= 0.3 is 0 Å². The zero-order chi connectivity index (χ0) is 21.5. The van der Waals surface area contributed by atoms with Gasteiger partial charge in [-0.15, -0.1) is 0 Å². The van der Waals surface area contributed by atoms with E-state index in [0.717, 1.165) is 11.1 Å². The Labute approximate surface area is 176 Å². The van der Waals surface area contributed by atoms with Gasteiger partial charge in [0.15, 0.2) is 0 Å². The average molecular weight is 404 g/mol. The minimum atomic E-state index is -0.813. The van der Waals surface area contributed by atoms with E-state index in [1.807, 2.05) is 74.5 Å². The molecule has 0 aliphatic carbocycles. The minimum Gasteiger partial charge on any atom is -0.343 e. The number of carbonyl (C=O) groups is 2. The van der Waals surface area contributed by atoms with Crippen LogP contribution in [0.2, 0.25) is 0 Å². The van der Waals surface area contributed by atoms with Gasteiger partial charge in [0.1, 0.15) is 11.9 Å². The van der Waals surface area contributed by atoms with E-state index in [-0.39, 0.29) is 23.4 Å². The second kappa shape index (κ2) is 9.83. The maximum atomic E-state index is 14.0. The van der Waals surface area contributed by atoms with Crippen LogP contribution in [-0.2, 0) is 4.79 Å². The molecule has 0 heterocycles. The molecule has 3 aromatic carbocycles. The van der Waals surface area contributed by atoms with E-state index in [4.69, 9.17) is 0 Å². The van der Waals surface area contributed by atoms with Crippen LogP contribution in [0.4, 0.5) is 4.39 Å². The summed E-state index contributed by atoms with van der Waals surface area (Å²) >= 11 is 0. The normalized spacial score (nSPS) is 11.9. The van der Waals surface area contributed by atoms with Crippen molar-refractivity contribution in [2.24, 2.45) is 5.92 Å². The Morgan fingerprint density at radius 3 is 1.73 bits per heavy atom. The van der Waals surface area contributed by atoms with Crippen molar-refractivity contribution in [1.82, 2.24) is 10.6 Å². The van der Waals surface area contributed by atoms with Crippen molar-refractivity contribution < 1.29 is 14.0 Å². The van der Waals surface area contributed by atoms with Crippen molar-refractivity contribution in [2.45, 2.75) is 25.9 Å². The van der Waals surface area contributed by atoms with Crippen LogP contribution >= 0.6 is 0 Å². The first-order valence-corrected chi connectivity index (χ1v) is 9.93. The quantitative estimate of drug-likeness (QED) is 0.610. The smallest absolute Gasteiger partial charge is 0.254 e. The van der Waals surface area contributed by atoms with Gasteiger partial charge in [0.05, 0.1) is 11.6 Å². The first-order chi connectivity index (χ1) is 14.5. The largest absolute Gasteiger partial charge is 0.343 e. The van der Waals surface area contributed by atoms with E-state index in [1.54, 1.807) is 6.07 Å². The molecule has 2 N–H and O–H groups in total. The summed E-state index contributed by atoms with van der Waals surface area (Å²) in [5.41, 5.74) is 1.78. The molecule has 0 saturated heterocycles. The van der Waals surface area contributed by atoms with Gasteiger partial charge in [-0.05, 0) is 29.2 Å². The summed E-state index contributed by atoms with van der Waals surface area (Å²) < 4.78 is 14.0. The summed E-state index contributed by atoms with van der Waals surface area (Å²) in [6.45, 7) is 3.68. The summed E-state index contributed by atoms with van der Waals surface area (Å²) in [6, 6.07) is 23.8. The van der Waals surface area contributed by atoms with Crippen LogP contribution in [0.15, 0.2) is 84.9 Å². The highest BCUT2D eigenvalue weighted by molar-refractivity contribution is 5.97. The summed E-state index contributed by atoms with van der Waals surface area (Å²) in [6.07, 6.45) is 0. The molecule has 0 aromatic heterocycles. The highest BCUT2D eigenvalue weighted by atomic mass is 19.1. The van der Waals surface area contributed by atoms with E-state index in [0.29, 0.717) is 0 Å². The predicted octanol–water partition coefficient (Wildman–Crippen LogP) is 4.49. The monoisotopic (exact) mass is 404 g/mol. The van der Waals surface area contributed by atoms with Crippen molar-refractivity contribution in [2.75, 3.05) is 0 Å². The summed E-state index contributed by atoms with van der Waals surface area (Å²) in [5, 5.41) is 5.75. The molecule has 0 spiro atoms. The first-order valence-electron chi connectivity index (χ1n) is 9.93. The van der Waals surface area contributed by atoms with Crippen molar-refractivity contribution in [3.63, 3.8) is 0 Å². The van der Waals surface area contributed by atoms with Crippen LogP contribution in [0.3, 0.4) is 0 Å². The Bertz CT molecular complexity index is 951. The molecule has 5 heteroatoms. The fourth-order valence-corrected chi connectivity index (χ4v) is 3.28. The molecular formula is C25H25FN2O2. The summed E-state index contributed by atoms with van der Waals surface area (Å²) in [7, 11) is 0. The zero-order valence-electron chi connectivity index (χ0n) is 17.0. The van der Waals surface area contributed by atoms with E-state index in [1.165, 1.54) is 18.2 Å². The molecule has 3 rings (SSSR count). The van der Waals surface area contributed by atoms with E-state index >= 15 is 0 Å². The third-order valence-electron chi connectivity index (χ3n) is 4.91. The van der Waals surface area contributed by atoms with Crippen LogP contribution in [0.1, 0.15) is 41.4 Å². The topological polar surface area (TPSA) is 58.2 Å². The number of nitrogens with one attached hydrogen (secondary N) is 2. The van der Waals surface area contributed by atoms with Gasteiger partial charge in [0.25, 0.3) is 5.91 Å². The lowest BCUT2D eigenvalue weighted by molar-refractivity contribution is -0.124. The molecule has 4 nitrogen and oxygen atoms in total. The van der Waals surface area contributed by atoms with E-state index < -0.39 is 17.8 Å². The van der Waals surface area contributed by atoms with Crippen molar-refractivity contribution >= 4 is 11.8 Å². The van der Waals surface area contributed by atoms with Crippen molar-refractivity contribution in [3.8, 4) is 0 Å². The number of hydrogen-bond acceptors (Lipinski definition) is 2. The number of rotatable bonds is 7. The Balaban J connectivity index is 1.83. The zero-order valence-corrected chi connectivity index (χ0v) is 17.0.